The van der Waals surface area contributed by atoms with E-state index in [0.717, 1.165) is 24.0 Å². The van der Waals surface area contributed by atoms with Gasteiger partial charge in [-0.1, -0.05) is 85.8 Å². The molecule has 2 aromatic carbocycles. The van der Waals surface area contributed by atoms with Crippen LogP contribution in [0.4, 0.5) is 0 Å². The average molecular weight is 366 g/mol. The largest absolute Gasteiger partial charge is 0.349 e. The number of benzene rings is 2. The first-order valence-electron chi connectivity index (χ1n) is 8.71. The number of H-pyrrole nitrogens is 1. The molecule has 0 aliphatic heterocycles. The van der Waals surface area contributed by atoms with E-state index in [9.17, 15) is 4.79 Å². The Morgan fingerprint density at radius 1 is 1.12 bits per heavy atom. The van der Waals surface area contributed by atoms with Crippen LogP contribution < -0.4 is 5.32 Å². The lowest BCUT2D eigenvalue weighted by Gasteiger charge is -2.18. The number of aromatic amines is 1. The topological polar surface area (TPSA) is 70.7 Å². The zero-order valence-corrected chi connectivity index (χ0v) is 15.5. The van der Waals surface area contributed by atoms with Gasteiger partial charge in [-0.15, -0.1) is 5.10 Å². The van der Waals surface area contributed by atoms with Gasteiger partial charge in [0.25, 0.3) is 0 Å². The van der Waals surface area contributed by atoms with Crippen molar-refractivity contribution in [3.63, 3.8) is 0 Å². The summed E-state index contributed by atoms with van der Waals surface area (Å²) in [7, 11) is 0. The Morgan fingerprint density at radius 2 is 1.81 bits per heavy atom. The van der Waals surface area contributed by atoms with Crippen LogP contribution in [0.2, 0.25) is 0 Å². The van der Waals surface area contributed by atoms with E-state index in [1.165, 1.54) is 11.8 Å². The lowest BCUT2D eigenvalue weighted by Crippen LogP contribution is -2.29. The van der Waals surface area contributed by atoms with Crippen molar-refractivity contribution in [2.45, 2.75) is 31.0 Å². The first-order chi connectivity index (χ1) is 12.8. The molecule has 134 valence electrons. The molecular formula is C20H22N4OS. The maximum Gasteiger partial charge on any atom is 0.230 e. The molecule has 3 aromatic rings. The highest BCUT2D eigenvalue weighted by atomic mass is 32.2. The molecule has 0 bridgehead atoms. The molecule has 0 saturated carbocycles. The second-order valence-electron chi connectivity index (χ2n) is 5.94. The van der Waals surface area contributed by atoms with Crippen LogP contribution in [-0.4, -0.2) is 26.8 Å². The summed E-state index contributed by atoms with van der Waals surface area (Å²) in [4.78, 5) is 16.8. The summed E-state index contributed by atoms with van der Waals surface area (Å²) in [6.45, 7) is 2.12. The van der Waals surface area contributed by atoms with Crippen LogP contribution in [0, 0.1) is 0 Å². The molecule has 2 N–H and O–H groups in total. The summed E-state index contributed by atoms with van der Waals surface area (Å²) in [6.07, 6.45) is 1.92. The van der Waals surface area contributed by atoms with Gasteiger partial charge in [-0.05, 0) is 12.0 Å². The lowest BCUT2D eigenvalue weighted by atomic mass is 10.0. The summed E-state index contributed by atoms with van der Waals surface area (Å²) in [5, 5.41) is 10.8. The number of amides is 1. The van der Waals surface area contributed by atoms with E-state index in [-0.39, 0.29) is 11.9 Å². The van der Waals surface area contributed by atoms with E-state index in [1.807, 2.05) is 48.5 Å². The van der Waals surface area contributed by atoms with Crippen molar-refractivity contribution in [2.24, 2.45) is 0 Å². The molecule has 0 aliphatic carbocycles. The molecule has 0 saturated heterocycles. The van der Waals surface area contributed by atoms with Gasteiger partial charge in [0.15, 0.2) is 5.82 Å². The second-order valence-corrected chi connectivity index (χ2v) is 6.88. The van der Waals surface area contributed by atoms with Crippen LogP contribution in [-0.2, 0) is 4.79 Å². The third-order valence-corrected chi connectivity index (χ3v) is 4.81. The van der Waals surface area contributed by atoms with Crippen molar-refractivity contribution in [1.82, 2.24) is 20.5 Å². The highest BCUT2D eigenvalue weighted by Gasteiger charge is 2.15. The third kappa shape index (κ3) is 4.95. The van der Waals surface area contributed by atoms with E-state index in [4.69, 9.17) is 0 Å². The SMILES string of the molecule is CCC[C@@H](NC(=O)CSc1n[nH]c(-c2ccccc2)n1)c1ccccc1. The molecule has 0 spiro atoms. The summed E-state index contributed by atoms with van der Waals surface area (Å²) in [5.41, 5.74) is 2.11. The van der Waals surface area contributed by atoms with Gasteiger partial charge < -0.3 is 5.32 Å². The molecule has 0 fully saturated rings. The zero-order chi connectivity index (χ0) is 18.2. The third-order valence-electron chi connectivity index (χ3n) is 3.96. The fourth-order valence-electron chi connectivity index (χ4n) is 2.70. The Labute approximate surface area is 157 Å². The van der Waals surface area contributed by atoms with Crippen LogP contribution in [0.3, 0.4) is 0 Å². The Bertz CT molecular complexity index is 820. The van der Waals surface area contributed by atoms with Gasteiger partial charge in [-0.3, -0.25) is 9.89 Å². The monoisotopic (exact) mass is 366 g/mol. The van der Waals surface area contributed by atoms with E-state index < -0.39 is 0 Å². The number of hydrogen-bond acceptors (Lipinski definition) is 4. The molecule has 26 heavy (non-hydrogen) atoms. The summed E-state index contributed by atoms with van der Waals surface area (Å²) in [6, 6.07) is 19.9. The smallest absolute Gasteiger partial charge is 0.230 e. The van der Waals surface area contributed by atoms with E-state index >= 15 is 0 Å². The number of carbonyl (C=O) groups is 1. The quantitative estimate of drug-likeness (QED) is 0.586. The number of rotatable bonds is 8. The number of hydrogen-bond donors (Lipinski definition) is 2. The standard InChI is InChI=1S/C20H22N4OS/c1-2-9-17(15-10-5-3-6-11-15)21-18(25)14-26-20-22-19(23-24-20)16-12-7-4-8-13-16/h3-8,10-13,17H,2,9,14H2,1H3,(H,21,25)(H,22,23,24)/t17-/m1/s1. The van der Waals surface area contributed by atoms with Gasteiger partial charge in [0.1, 0.15) is 0 Å². The van der Waals surface area contributed by atoms with Crippen molar-refractivity contribution < 1.29 is 4.79 Å². The molecule has 1 atom stereocenters. The van der Waals surface area contributed by atoms with Gasteiger partial charge in [-0.25, -0.2) is 4.98 Å². The Hall–Kier alpha value is -2.60. The van der Waals surface area contributed by atoms with Crippen LogP contribution in [0.25, 0.3) is 11.4 Å². The minimum absolute atomic E-state index is 0.0108. The Balaban J connectivity index is 1.56. The first kappa shape index (κ1) is 18.2. The van der Waals surface area contributed by atoms with Gasteiger partial charge in [0.2, 0.25) is 11.1 Å². The predicted octanol–water partition coefficient (Wildman–Crippen LogP) is 4.22. The molecule has 1 amide bonds. The first-order valence-corrected chi connectivity index (χ1v) is 9.69. The maximum absolute atomic E-state index is 12.4. The number of nitrogens with zero attached hydrogens (tertiary/aromatic N) is 2. The summed E-state index contributed by atoms with van der Waals surface area (Å²) in [5.74, 6) is 0.990. The molecule has 0 unspecified atom stereocenters. The van der Waals surface area contributed by atoms with Gasteiger partial charge in [0.05, 0.1) is 11.8 Å². The number of nitrogens with one attached hydrogen (secondary N) is 2. The van der Waals surface area contributed by atoms with Crippen LogP contribution in [0.5, 0.6) is 0 Å². The van der Waals surface area contributed by atoms with E-state index in [1.54, 1.807) is 0 Å². The van der Waals surface area contributed by atoms with Crippen molar-refractivity contribution in [3.8, 4) is 11.4 Å². The second kappa shape index (κ2) is 9.20. The molecule has 5 nitrogen and oxygen atoms in total. The fourth-order valence-corrected chi connectivity index (χ4v) is 3.31. The molecule has 1 aromatic heterocycles. The van der Waals surface area contributed by atoms with Gasteiger partial charge in [-0.2, -0.15) is 0 Å². The average Bonchev–Trinajstić information content (AvgIpc) is 3.17. The minimum atomic E-state index is -0.0108. The van der Waals surface area contributed by atoms with Crippen molar-refractivity contribution >= 4 is 17.7 Å². The molecule has 0 aliphatic rings. The van der Waals surface area contributed by atoms with E-state index in [2.05, 4.69) is 39.6 Å². The van der Waals surface area contributed by atoms with Crippen LogP contribution in [0.1, 0.15) is 31.4 Å². The molecular weight excluding hydrogens is 344 g/mol. The molecule has 1 heterocycles. The molecule has 6 heteroatoms. The maximum atomic E-state index is 12.4. The van der Waals surface area contributed by atoms with Crippen LogP contribution >= 0.6 is 11.8 Å². The lowest BCUT2D eigenvalue weighted by molar-refractivity contribution is -0.119. The number of aromatic nitrogens is 3. The highest BCUT2D eigenvalue weighted by molar-refractivity contribution is 7.99. The molecule has 0 radical (unpaired) electrons. The fraction of sp³-hybridized carbons (Fsp3) is 0.250. The van der Waals surface area contributed by atoms with E-state index in [0.29, 0.717) is 16.7 Å². The van der Waals surface area contributed by atoms with Gasteiger partial charge >= 0.3 is 0 Å². The van der Waals surface area contributed by atoms with Gasteiger partial charge in [0, 0.05) is 5.56 Å². The summed E-state index contributed by atoms with van der Waals surface area (Å²) < 4.78 is 0. The Morgan fingerprint density at radius 3 is 2.50 bits per heavy atom. The summed E-state index contributed by atoms with van der Waals surface area (Å²) >= 11 is 1.33. The van der Waals surface area contributed by atoms with Crippen LogP contribution in [0.15, 0.2) is 65.8 Å². The van der Waals surface area contributed by atoms with Crippen molar-refractivity contribution in [2.75, 3.05) is 5.75 Å². The normalized spacial score (nSPS) is 11.9. The Kier molecular flexibility index (Phi) is 6.44. The highest BCUT2D eigenvalue weighted by Crippen LogP contribution is 2.21. The number of carbonyl (C=O) groups excluding carboxylic acids is 1. The minimum Gasteiger partial charge on any atom is -0.349 e. The predicted molar refractivity (Wildman–Crippen MR) is 105 cm³/mol. The molecule has 3 rings (SSSR count). The zero-order valence-electron chi connectivity index (χ0n) is 14.7. The number of thioether (sulfide) groups is 1. The van der Waals surface area contributed by atoms with Crippen molar-refractivity contribution in [3.05, 3.63) is 66.2 Å². The van der Waals surface area contributed by atoms with Crippen molar-refractivity contribution in [1.29, 1.82) is 0 Å².